The smallest absolute Gasteiger partial charge is 0.224 e. The summed E-state index contributed by atoms with van der Waals surface area (Å²) in [6.45, 7) is 2.69. The minimum Gasteiger partial charge on any atom is -0.350 e. The Morgan fingerprint density at radius 2 is 2.18 bits per heavy atom. The molecule has 0 spiro atoms. The molecule has 2 aromatic rings. The van der Waals surface area contributed by atoms with E-state index < -0.39 is 0 Å². The molecule has 0 radical (unpaired) electrons. The molecule has 2 saturated carbocycles. The molecule has 0 bridgehead atoms. The fourth-order valence-corrected chi connectivity index (χ4v) is 4.05. The zero-order chi connectivity index (χ0) is 15.1. The summed E-state index contributed by atoms with van der Waals surface area (Å²) in [5.74, 6) is 1.42. The molecule has 2 aliphatic rings. The van der Waals surface area contributed by atoms with Crippen LogP contribution in [0.4, 0.5) is 0 Å². The average Bonchev–Trinajstić information content (AvgIpc) is 3.44. The summed E-state index contributed by atoms with van der Waals surface area (Å²) in [5.41, 5.74) is 3.62. The topological polar surface area (TPSA) is 42.0 Å². The molecule has 1 amide bonds. The lowest BCUT2D eigenvalue weighted by Crippen LogP contribution is -2.25. The number of nitrogens with one attached hydrogen (secondary N) is 1. The quantitative estimate of drug-likeness (QED) is 0.913. The zero-order valence-electron chi connectivity index (χ0n) is 12.7. The van der Waals surface area contributed by atoms with E-state index in [1.165, 1.54) is 29.0 Å². The molecule has 1 N–H and O–H groups in total. The van der Waals surface area contributed by atoms with Crippen molar-refractivity contribution in [3.8, 4) is 0 Å². The number of hydrogen-bond acceptors (Lipinski definition) is 3. The monoisotopic (exact) mass is 312 g/mol. The van der Waals surface area contributed by atoms with E-state index in [1.54, 1.807) is 11.3 Å². The largest absolute Gasteiger partial charge is 0.350 e. The predicted molar refractivity (Wildman–Crippen MR) is 88.0 cm³/mol. The predicted octanol–water partition coefficient (Wildman–Crippen LogP) is 3.75. The summed E-state index contributed by atoms with van der Waals surface area (Å²) in [6.07, 6.45) is 3.53. The zero-order valence-corrected chi connectivity index (χ0v) is 13.5. The van der Waals surface area contributed by atoms with Gasteiger partial charge in [-0.25, -0.2) is 4.98 Å². The van der Waals surface area contributed by atoms with Crippen molar-refractivity contribution in [2.75, 3.05) is 0 Å². The molecular weight excluding hydrogens is 292 g/mol. The van der Waals surface area contributed by atoms with Crippen LogP contribution in [0.15, 0.2) is 29.6 Å². The number of rotatable bonds is 5. The fraction of sp³-hybridized carbons (Fsp3) is 0.444. The number of nitrogens with zero attached hydrogens (tertiary/aromatic N) is 1. The first-order valence-electron chi connectivity index (χ1n) is 8.00. The molecule has 3 nitrogen and oxygen atoms in total. The van der Waals surface area contributed by atoms with E-state index in [2.05, 4.69) is 46.9 Å². The third-order valence-corrected chi connectivity index (χ3v) is 5.71. The molecule has 4 heteroatoms. The lowest BCUT2D eigenvalue weighted by Gasteiger charge is -2.05. The molecule has 2 atom stereocenters. The van der Waals surface area contributed by atoms with Crippen LogP contribution < -0.4 is 5.32 Å². The molecule has 0 unspecified atom stereocenters. The normalized spacial score (nSPS) is 23.3. The SMILES string of the molecule is Cc1ccccc1[C@@H]1C[C@@H]1C(=O)NCc1csc(C2CC2)n1. The maximum Gasteiger partial charge on any atom is 0.224 e. The number of aromatic nitrogens is 1. The van der Waals surface area contributed by atoms with Gasteiger partial charge in [-0.1, -0.05) is 24.3 Å². The van der Waals surface area contributed by atoms with Crippen LogP contribution in [0.2, 0.25) is 0 Å². The van der Waals surface area contributed by atoms with Crippen molar-refractivity contribution >= 4 is 17.2 Å². The molecule has 1 aromatic heterocycles. The van der Waals surface area contributed by atoms with Gasteiger partial charge >= 0.3 is 0 Å². The van der Waals surface area contributed by atoms with Crippen LogP contribution >= 0.6 is 11.3 Å². The third kappa shape index (κ3) is 2.80. The Balaban J connectivity index is 1.32. The summed E-state index contributed by atoms with van der Waals surface area (Å²) in [4.78, 5) is 16.9. The van der Waals surface area contributed by atoms with Gasteiger partial charge in [0.2, 0.25) is 5.91 Å². The summed E-state index contributed by atoms with van der Waals surface area (Å²) >= 11 is 1.73. The Kier molecular flexibility index (Phi) is 3.49. The summed E-state index contributed by atoms with van der Waals surface area (Å²) in [5, 5.41) is 6.38. The number of thiazole rings is 1. The Labute approximate surface area is 134 Å². The van der Waals surface area contributed by atoms with Crippen LogP contribution in [0.5, 0.6) is 0 Å². The van der Waals surface area contributed by atoms with E-state index in [0.717, 1.165) is 12.1 Å². The van der Waals surface area contributed by atoms with Crippen LogP contribution in [0.3, 0.4) is 0 Å². The summed E-state index contributed by atoms with van der Waals surface area (Å²) < 4.78 is 0. The van der Waals surface area contributed by atoms with Crippen LogP contribution in [-0.4, -0.2) is 10.9 Å². The minimum absolute atomic E-state index is 0.141. The second kappa shape index (κ2) is 5.51. The lowest BCUT2D eigenvalue weighted by atomic mass is 10.0. The molecule has 0 saturated heterocycles. The van der Waals surface area contributed by atoms with Gasteiger partial charge in [-0.15, -0.1) is 11.3 Å². The van der Waals surface area contributed by atoms with E-state index >= 15 is 0 Å². The second-order valence-corrected chi connectivity index (χ2v) is 7.36. The van der Waals surface area contributed by atoms with Gasteiger partial charge in [0.25, 0.3) is 0 Å². The number of aryl methyl sites for hydroxylation is 1. The molecule has 2 aliphatic carbocycles. The number of carbonyl (C=O) groups is 1. The standard InChI is InChI=1S/C18H20N2OS/c1-11-4-2-3-5-14(11)15-8-16(15)17(21)19-9-13-10-22-18(20-13)12-6-7-12/h2-5,10,12,15-16H,6-9H2,1H3,(H,19,21)/t15-,16-/m0/s1. The number of hydrogen-bond donors (Lipinski definition) is 1. The fourth-order valence-electron chi connectivity index (χ4n) is 3.06. The van der Waals surface area contributed by atoms with Gasteiger partial charge in [0.05, 0.1) is 17.2 Å². The molecule has 4 rings (SSSR count). The molecular formula is C18H20N2OS. The molecule has 2 fully saturated rings. The van der Waals surface area contributed by atoms with Crippen molar-refractivity contribution in [1.82, 2.24) is 10.3 Å². The number of carbonyl (C=O) groups excluding carboxylic acids is 1. The van der Waals surface area contributed by atoms with E-state index in [0.29, 0.717) is 18.4 Å². The van der Waals surface area contributed by atoms with Gasteiger partial charge in [0.15, 0.2) is 0 Å². The van der Waals surface area contributed by atoms with Crippen molar-refractivity contribution in [2.24, 2.45) is 5.92 Å². The Morgan fingerprint density at radius 1 is 1.36 bits per heavy atom. The van der Waals surface area contributed by atoms with E-state index in [9.17, 15) is 4.79 Å². The first-order chi connectivity index (χ1) is 10.7. The van der Waals surface area contributed by atoms with Gasteiger partial charge in [0, 0.05) is 17.2 Å². The van der Waals surface area contributed by atoms with Crippen molar-refractivity contribution in [2.45, 2.75) is 44.6 Å². The highest BCUT2D eigenvalue weighted by Crippen LogP contribution is 2.48. The number of benzene rings is 1. The van der Waals surface area contributed by atoms with Crippen LogP contribution in [0.25, 0.3) is 0 Å². The van der Waals surface area contributed by atoms with E-state index in [1.807, 2.05) is 0 Å². The molecule has 22 heavy (non-hydrogen) atoms. The van der Waals surface area contributed by atoms with Crippen LogP contribution in [-0.2, 0) is 11.3 Å². The summed E-state index contributed by atoms with van der Waals surface area (Å²) in [6, 6.07) is 8.38. The van der Waals surface area contributed by atoms with E-state index in [4.69, 9.17) is 0 Å². The molecule has 1 aromatic carbocycles. The third-order valence-electron chi connectivity index (χ3n) is 4.65. The van der Waals surface area contributed by atoms with Crippen molar-refractivity contribution < 1.29 is 4.79 Å². The molecule has 1 heterocycles. The van der Waals surface area contributed by atoms with Crippen molar-refractivity contribution in [3.63, 3.8) is 0 Å². The Bertz CT molecular complexity index is 705. The summed E-state index contributed by atoms with van der Waals surface area (Å²) in [7, 11) is 0. The van der Waals surface area contributed by atoms with Gasteiger partial charge in [-0.3, -0.25) is 4.79 Å². The highest BCUT2D eigenvalue weighted by atomic mass is 32.1. The van der Waals surface area contributed by atoms with Crippen LogP contribution in [0.1, 0.15) is 52.9 Å². The maximum atomic E-state index is 12.3. The van der Waals surface area contributed by atoms with Gasteiger partial charge in [0.1, 0.15) is 0 Å². The minimum atomic E-state index is 0.141. The average molecular weight is 312 g/mol. The van der Waals surface area contributed by atoms with Crippen molar-refractivity contribution in [1.29, 1.82) is 0 Å². The number of amides is 1. The Morgan fingerprint density at radius 3 is 2.95 bits per heavy atom. The second-order valence-electron chi connectivity index (χ2n) is 6.47. The van der Waals surface area contributed by atoms with Gasteiger partial charge in [-0.05, 0) is 43.2 Å². The van der Waals surface area contributed by atoms with Gasteiger partial charge in [-0.2, -0.15) is 0 Å². The molecule has 114 valence electrons. The Hall–Kier alpha value is -1.68. The molecule has 0 aliphatic heterocycles. The van der Waals surface area contributed by atoms with Crippen LogP contribution in [0, 0.1) is 12.8 Å². The highest BCUT2D eigenvalue weighted by Gasteiger charge is 2.44. The van der Waals surface area contributed by atoms with Gasteiger partial charge < -0.3 is 5.32 Å². The first kappa shape index (κ1) is 13.9. The maximum absolute atomic E-state index is 12.3. The highest BCUT2D eigenvalue weighted by molar-refractivity contribution is 7.09. The van der Waals surface area contributed by atoms with E-state index in [-0.39, 0.29) is 11.8 Å². The first-order valence-corrected chi connectivity index (χ1v) is 8.88. The van der Waals surface area contributed by atoms with Crippen molar-refractivity contribution in [3.05, 3.63) is 51.5 Å². The lowest BCUT2D eigenvalue weighted by molar-refractivity contribution is -0.122.